The van der Waals surface area contributed by atoms with Gasteiger partial charge in [0.2, 0.25) is 0 Å². The van der Waals surface area contributed by atoms with Crippen LogP contribution in [0.25, 0.3) is 10.2 Å². The van der Waals surface area contributed by atoms with E-state index < -0.39 is 0 Å². The van der Waals surface area contributed by atoms with Crippen LogP contribution in [0.4, 0.5) is 0 Å². The summed E-state index contributed by atoms with van der Waals surface area (Å²) in [6.07, 6.45) is 6.72. The average Bonchev–Trinajstić information content (AvgIpc) is 3.07. The van der Waals surface area contributed by atoms with Gasteiger partial charge in [0.25, 0.3) is 5.91 Å². The highest BCUT2D eigenvalue weighted by Crippen LogP contribution is 2.24. The smallest absolute Gasteiger partial charge is 0.279 e. The second-order valence-electron chi connectivity index (χ2n) is 6.97. The van der Waals surface area contributed by atoms with Crippen molar-refractivity contribution in [2.24, 2.45) is 4.99 Å². The first-order valence-corrected chi connectivity index (χ1v) is 11.8. The van der Waals surface area contributed by atoms with Gasteiger partial charge in [-0.25, -0.2) is 0 Å². The minimum Gasteiger partial charge on any atom is -0.497 e. The third kappa shape index (κ3) is 3.89. The number of methoxy groups -OCH3 is 1. The Morgan fingerprint density at radius 3 is 2.79 bits per heavy atom. The molecule has 1 aliphatic carbocycles. The molecule has 28 heavy (non-hydrogen) atoms. The number of nitrogens with zero attached hydrogens (tertiary/aromatic N) is 2. The van der Waals surface area contributed by atoms with Crippen LogP contribution in [0.3, 0.4) is 0 Å². The molecule has 3 aromatic rings. The second-order valence-corrected chi connectivity index (χ2v) is 8.96. The van der Waals surface area contributed by atoms with Crippen LogP contribution in [0.15, 0.2) is 41.4 Å². The number of thiazole rings is 1. The largest absolute Gasteiger partial charge is 0.497 e. The van der Waals surface area contributed by atoms with E-state index in [0.717, 1.165) is 45.9 Å². The second kappa shape index (κ2) is 8.53. The first-order chi connectivity index (χ1) is 13.7. The van der Waals surface area contributed by atoms with Crippen molar-refractivity contribution in [3.05, 3.63) is 57.9 Å². The number of hydrogen-bond donors (Lipinski definition) is 0. The minimum atomic E-state index is -0.162. The molecule has 1 heterocycles. The zero-order valence-corrected chi connectivity index (χ0v) is 17.9. The molecular weight excluding hydrogens is 388 g/mol. The Bertz CT molecular complexity index is 1080. The van der Waals surface area contributed by atoms with Crippen LogP contribution in [0, 0.1) is 0 Å². The Kier molecular flexibility index (Phi) is 5.87. The highest BCUT2D eigenvalue weighted by atomic mass is 32.2. The number of rotatable bonds is 5. The summed E-state index contributed by atoms with van der Waals surface area (Å²) in [6.45, 7) is 0.823. The fraction of sp³-hybridized carbons (Fsp3) is 0.364. The zero-order valence-electron chi connectivity index (χ0n) is 16.2. The van der Waals surface area contributed by atoms with Crippen molar-refractivity contribution in [2.45, 2.75) is 32.2 Å². The van der Waals surface area contributed by atoms with Gasteiger partial charge in [-0.15, -0.1) is 0 Å². The normalized spacial score (nSPS) is 14.3. The average molecular weight is 413 g/mol. The number of thioether (sulfide) groups is 1. The maximum absolute atomic E-state index is 12.9. The fourth-order valence-corrected chi connectivity index (χ4v) is 5.13. The lowest BCUT2D eigenvalue weighted by molar-refractivity contribution is 0.0997. The Hall–Kier alpha value is -2.05. The zero-order chi connectivity index (χ0) is 19.5. The van der Waals surface area contributed by atoms with E-state index in [1.54, 1.807) is 30.2 Å². The van der Waals surface area contributed by atoms with Crippen LogP contribution in [0.5, 0.6) is 5.75 Å². The molecule has 146 valence electrons. The molecule has 1 aromatic heterocycles. The summed E-state index contributed by atoms with van der Waals surface area (Å²) in [4.78, 5) is 18.2. The van der Waals surface area contributed by atoms with Gasteiger partial charge in [0.05, 0.1) is 17.3 Å². The number of fused-ring (bicyclic) bond motifs is 2. The minimum absolute atomic E-state index is 0.162. The SMILES string of the molecule is COc1ccc2c(c1)sc(=NC(=O)c1ccc3c(c1)CCCC3)n2CCSC. The molecule has 0 aliphatic heterocycles. The van der Waals surface area contributed by atoms with Crippen LogP contribution >= 0.6 is 23.1 Å². The van der Waals surface area contributed by atoms with Crippen LogP contribution in [0.2, 0.25) is 0 Å². The topological polar surface area (TPSA) is 43.6 Å². The highest BCUT2D eigenvalue weighted by molar-refractivity contribution is 7.98. The molecule has 0 saturated heterocycles. The summed E-state index contributed by atoms with van der Waals surface area (Å²) < 4.78 is 8.58. The van der Waals surface area contributed by atoms with Crippen LogP contribution < -0.4 is 9.54 Å². The molecular formula is C22H24N2O2S2. The maximum atomic E-state index is 12.9. The molecule has 0 spiro atoms. The molecule has 0 fully saturated rings. The van der Waals surface area contributed by atoms with E-state index in [2.05, 4.69) is 21.9 Å². The van der Waals surface area contributed by atoms with Gasteiger partial charge in [0.15, 0.2) is 4.80 Å². The quantitative estimate of drug-likeness (QED) is 0.610. The first kappa shape index (κ1) is 19.3. The van der Waals surface area contributed by atoms with Crippen LogP contribution in [-0.2, 0) is 19.4 Å². The Balaban J connectivity index is 1.76. The van der Waals surface area contributed by atoms with Crippen molar-refractivity contribution >= 4 is 39.2 Å². The van der Waals surface area contributed by atoms with Crippen molar-refractivity contribution in [3.63, 3.8) is 0 Å². The molecule has 0 saturated carbocycles. The number of ether oxygens (including phenoxy) is 1. The molecule has 1 aliphatic rings. The molecule has 0 atom stereocenters. The number of hydrogen-bond acceptors (Lipinski definition) is 4. The number of carbonyl (C=O) groups is 1. The van der Waals surface area contributed by atoms with Gasteiger partial charge < -0.3 is 9.30 Å². The Morgan fingerprint density at radius 1 is 1.18 bits per heavy atom. The molecule has 2 aromatic carbocycles. The van der Waals surface area contributed by atoms with Crippen molar-refractivity contribution in [3.8, 4) is 5.75 Å². The van der Waals surface area contributed by atoms with Gasteiger partial charge in [0.1, 0.15) is 5.75 Å². The summed E-state index contributed by atoms with van der Waals surface area (Å²) in [5, 5.41) is 0. The molecule has 4 nitrogen and oxygen atoms in total. The third-order valence-electron chi connectivity index (χ3n) is 5.20. The lowest BCUT2D eigenvalue weighted by atomic mass is 9.90. The number of aryl methyl sites for hydroxylation is 3. The van der Waals surface area contributed by atoms with E-state index in [4.69, 9.17) is 4.74 Å². The lowest BCUT2D eigenvalue weighted by Gasteiger charge is -2.15. The van der Waals surface area contributed by atoms with Gasteiger partial charge in [-0.05, 0) is 73.4 Å². The Labute approximate surface area is 173 Å². The highest BCUT2D eigenvalue weighted by Gasteiger charge is 2.14. The number of aromatic nitrogens is 1. The van der Waals surface area contributed by atoms with E-state index in [1.807, 2.05) is 30.3 Å². The maximum Gasteiger partial charge on any atom is 0.279 e. The molecule has 6 heteroatoms. The predicted octanol–water partition coefficient (Wildman–Crippen LogP) is 4.69. The van der Waals surface area contributed by atoms with Gasteiger partial charge in [0, 0.05) is 17.9 Å². The number of amides is 1. The van der Waals surface area contributed by atoms with Gasteiger partial charge in [-0.3, -0.25) is 4.79 Å². The van der Waals surface area contributed by atoms with Gasteiger partial charge >= 0.3 is 0 Å². The van der Waals surface area contributed by atoms with Crippen LogP contribution in [0.1, 0.15) is 34.3 Å². The summed E-state index contributed by atoms with van der Waals surface area (Å²) in [5.41, 5.74) is 4.47. The van der Waals surface area contributed by atoms with E-state index in [0.29, 0.717) is 5.56 Å². The van der Waals surface area contributed by atoms with E-state index >= 15 is 0 Å². The summed E-state index contributed by atoms with van der Waals surface area (Å²) >= 11 is 3.33. The van der Waals surface area contributed by atoms with Gasteiger partial charge in [-0.2, -0.15) is 16.8 Å². The third-order valence-corrected chi connectivity index (χ3v) is 6.83. The molecule has 0 unspecified atom stereocenters. The molecule has 1 amide bonds. The first-order valence-electron chi connectivity index (χ1n) is 9.57. The van der Waals surface area contributed by atoms with Gasteiger partial charge in [-0.1, -0.05) is 17.4 Å². The molecule has 0 N–H and O–H groups in total. The van der Waals surface area contributed by atoms with E-state index in [9.17, 15) is 4.79 Å². The molecule has 0 radical (unpaired) electrons. The van der Waals surface area contributed by atoms with E-state index in [-0.39, 0.29) is 5.91 Å². The van der Waals surface area contributed by atoms with Crippen molar-refractivity contribution in [2.75, 3.05) is 19.1 Å². The number of carbonyl (C=O) groups excluding carboxylic acids is 1. The predicted molar refractivity (Wildman–Crippen MR) is 118 cm³/mol. The molecule has 4 rings (SSSR count). The summed E-state index contributed by atoms with van der Waals surface area (Å²) in [6, 6.07) is 12.1. The van der Waals surface area contributed by atoms with Crippen LogP contribution in [-0.4, -0.2) is 29.6 Å². The monoisotopic (exact) mass is 412 g/mol. The summed E-state index contributed by atoms with van der Waals surface area (Å²) in [5.74, 6) is 1.63. The van der Waals surface area contributed by atoms with Crippen molar-refractivity contribution in [1.29, 1.82) is 0 Å². The number of benzene rings is 2. The van der Waals surface area contributed by atoms with Crippen molar-refractivity contribution in [1.82, 2.24) is 4.57 Å². The standard InChI is InChI=1S/C22H24N2O2S2/c1-26-18-9-10-19-20(14-18)28-22(24(19)11-12-27-2)23-21(25)17-8-7-15-5-3-4-6-16(15)13-17/h7-10,13-14H,3-6,11-12H2,1-2H3. The fourth-order valence-electron chi connectivity index (χ4n) is 3.68. The molecule has 0 bridgehead atoms. The summed E-state index contributed by atoms with van der Waals surface area (Å²) in [7, 11) is 1.67. The van der Waals surface area contributed by atoms with E-state index in [1.165, 1.54) is 24.0 Å². The lowest BCUT2D eigenvalue weighted by Crippen LogP contribution is -2.18. The Morgan fingerprint density at radius 2 is 2.00 bits per heavy atom. The van der Waals surface area contributed by atoms with Crippen molar-refractivity contribution < 1.29 is 9.53 Å².